The monoisotopic (exact) mass is 289 g/mol. The summed E-state index contributed by atoms with van der Waals surface area (Å²) in [5.41, 5.74) is 0.673. The molecule has 1 rings (SSSR count). The molecule has 0 fully saturated rings. The summed E-state index contributed by atoms with van der Waals surface area (Å²) in [6.45, 7) is 1.74. The molecule has 0 aliphatic rings. The minimum absolute atomic E-state index is 0.214. The third-order valence-electron chi connectivity index (χ3n) is 1.54. The highest BCUT2D eigenvalue weighted by atomic mass is 79.9. The first-order chi connectivity index (χ1) is 6.94. The predicted molar refractivity (Wildman–Crippen MR) is 59.7 cm³/mol. The first kappa shape index (κ1) is 11.9. The van der Waals surface area contributed by atoms with E-state index in [4.69, 9.17) is 5.26 Å². The summed E-state index contributed by atoms with van der Waals surface area (Å²) in [7, 11) is -3.60. The van der Waals surface area contributed by atoms with Crippen LogP contribution in [0.15, 0.2) is 16.6 Å². The highest BCUT2D eigenvalue weighted by Crippen LogP contribution is 2.16. The van der Waals surface area contributed by atoms with E-state index in [-0.39, 0.29) is 5.82 Å². The fourth-order valence-corrected chi connectivity index (χ4v) is 1.78. The number of aryl methyl sites for hydroxylation is 1. The van der Waals surface area contributed by atoms with Gasteiger partial charge in [-0.15, -0.1) is 0 Å². The number of hydrogen-bond acceptors (Lipinski definition) is 4. The standard InChI is InChI=1S/C8H8BrN3O2S/c1-6-7(9)2-3-8(11-6)12-15(13,14)5-4-10/h2-3H,5H2,1H3,(H,11,12). The Morgan fingerprint density at radius 1 is 1.60 bits per heavy atom. The van der Waals surface area contributed by atoms with Crippen molar-refractivity contribution in [3.05, 3.63) is 22.3 Å². The van der Waals surface area contributed by atoms with Crippen molar-refractivity contribution < 1.29 is 8.42 Å². The zero-order valence-electron chi connectivity index (χ0n) is 7.86. The highest BCUT2D eigenvalue weighted by Gasteiger charge is 2.10. The van der Waals surface area contributed by atoms with E-state index in [0.29, 0.717) is 5.69 Å². The molecule has 0 amide bonds. The van der Waals surface area contributed by atoms with E-state index in [1.54, 1.807) is 19.1 Å². The number of pyridine rings is 1. The van der Waals surface area contributed by atoms with Gasteiger partial charge >= 0.3 is 0 Å². The van der Waals surface area contributed by atoms with Gasteiger partial charge in [0.25, 0.3) is 0 Å². The van der Waals surface area contributed by atoms with E-state index in [1.807, 2.05) is 0 Å². The van der Waals surface area contributed by atoms with Gasteiger partial charge in [0.05, 0.1) is 11.8 Å². The molecule has 0 bridgehead atoms. The van der Waals surface area contributed by atoms with Crippen molar-refractivity contribution in [2.45, 2.75) is 6.92 Å². The van der Waals surface area contributed by atoms with Crippen molar-refractivity contribution >= 4 is 31.8 Å². The molecule has 0 aromatic carbocycles. The Bertz CT molecular complexity index is 507. The molecule has 1 heterocycles. The Morgan fingerprint density at radius 2 is 2.27 bits per heavy atom. The molecule has 15 heavy (non-hydrogen) atoms. The molecule has 0 radical (unpaired) electrons. The average molecular weight is 290 g/mol. The zero-order valence-corrected chi connectivity index (χ0v) is 10.3. The molecule has 1 N–H and O–H groups in total. The van der Waals surface area contributed by atoms with E-state index >= 15 is 0 Å². The van der Waals surface area contributed by atoms with E-state index in [2.05, 4.69) is 25.6 Å². The summed E-state index contributed by atoms with van der Waals surface area (Å²) in [6, 6.07) is 4.77. The lowest BCUT2D eigenvalue weighted by molar-refractivity contribution is 0.604. The lowest BCUT2D eigenvalue weighted by atomic mass is 10.4. The number of anilines is 1. The van der Waals surface area contributed by atoms with Crippen molar-refractivity contribution in [3.8, 4) is 6.07 Å². The van der Waals surface area contributed by atoms with Crippen LogP contribution in [0.25, 0.3) is 0 Å². The number of aromatic nitrogens is 1. The quantitative estimate of drug-likeness (QED) is 0.912. The molecule has 0 aliphatic heterocycles. The van der Waals surface area contributed by atoms with E-state index < -0.39 is 15.8 Å². The van der Waals surface area contributed by atoms with Gasteiger partial charge in [-0.3, -0.25) is 4.72 Å². The lowest BCUT2D eigenvalue weighted by Crippen LogP contribution is -2.16. The number of sulfonamides is 1. The van der Waals surface area contributed by atoms with Crippen LogP contribution in [0, 0.1) is 18.3 Å². The number of nitrogens with one attached hydrogen (secondary N) is 1. The molecule has 80 valence electrons. The highest BCUT2D eigenvalue weighted by molar-refractivity contribution is 9.10. The Kier molecular flexibility index (Phi) is 3.66. The molecule has 0 saturated heterocycles. The van der Waals surface area contributed by atoms with E-state index in [1.165, 1.54) is 6.07 Å². The first-order valence-corrected chi connectivity index (χ1v) is 6.40. The van der Waals surface area contributed by atoms with Gasteiger partial charge < -0.3 is 0 Å². The second kappa shape index (κ2) is 4.59. The molecular formula is C8H8BrN3O2S. The van der Waals surface area contributed by atoms with Gasteiger partial charge in [0.1, 0.15) is 5.82 Å². The maximum Gasteiger partial charge on any atom is 0.247 e. The summed E-state index contributed by atoms with van der Waals surface area (Å²) in [6.07, 6.45) is 0. The summed E-state index contributed by atoms with van der Waals surface area (Å²) in [4.78, 5) is 3.99. The minimum Gasteiger partial charge on any atom is -0.266 e. The maximum atomic E-state index is 11.2. The van der Waals surface area contributed by atoms with Crippen molar-refractivity contribution in [3.63, 3.8) is 0 Å². The van der Waals surface area contributed by atoms with Crippen molar-refractivity contribution in [2.24, 2.45) is 0 Å². The third-order valence-corrected chi connectivity index (χ3v) is 3.40. The van der Waals surface area contributed by atoms with Crippen LogP contribution in [0.2, 0.25) is 0 Å². The van der Waals surface area contributed by atoms with Crippen molar-refractivity contribution in [1.29, 1.82) is 5.26 Å². The van der Waals surface area contributed by atoms with Gasteiger partial charge in [-0.1, -0.05) is 0 Å². The molecule has 1 aromatic heterocycles. The van der Waals surface area contributed by atoms with Crippen molar-refractivity contribution in [2.75, 3.05) is 10.5 Å². The summed E-state index contributed by atoms with van der Waals surface area (Å²) in [5.74, 6) is -0.366. The number of rotatable bonds is 3. The van der Waals surface area contributed by atoms with Gasteiger partial charge in [0.15, 0.2) is 5.75 Å². The molecule has 0 aliphatic carbocycles. The Morgan fingerprint density at radius 3 is 2.80 bits per heavy atom. The molecule has 0 spiro atoms. The largest absolute Gasteiger partial charge is 0.266 e. The van der Waals surface area contributed by atoms with E-state index in [0.717, 1.165) is 4.47 Å². The maximum absolute atomic E-state index is 11.2. The smallest absolute Gasteiger partial charge is 0.247 e. The second-order valence-corrected chi connectivity index (χ2v) is 5.36. The number of halogens is 1. The zero-order chi connectivity index (χ0) is 11.5. The van der Waals surface area contributed by atoms with Crippen LogP contribution in [0.5, 0.6) is 0 Å². The van der Waals surface area contributed by atoms with Gasteiger partial charge in [-0.2, -0.15) is 5.26 Å². The SMILES string of the molecule is Cc1nc(NS(=O)(=O)CC#N)ccc1Br. The van der Waals surface area contributed by atoms with Crippen LogP contribution in [0.3, 0.4) is 0 Å². The van der Waals surface area contributed by atoms with E-state index in [9.17, 15) is 8.42 Å². The molecule has 7 heteroatoms. The fraction of sp³-hybridized carbons (Fsp3) is 0.250. The van der Waals surface area contributed by atoms with Gasteiger partial charge in [-0.25, -0.2) is 13.4 Å². The van der Waals surface area contributed by atoms with Gasteiger partial charge in [-0.05, 0) is 35.0 Å². The van der Waals surface area contributed by atoms with Gasteiger partial charge in [0.2, 0.25) is 10.0 Å². The van der Waals surface area contributed by atoms with Crippen LogP contribution in [0.4, 0.5) is 5.82 Å². The Labute approximate surface area is 96.3 Å². The normalized spacial score (nSPS) is 10.7. The number of nitriles is 1. The molecule has 0 saturated carbocycles. The van der Waals surface area contributed by atoms with Gasteiger partial charge in [0, 0.05) is 4.47 Å². The topological polar surface area (TPSA) is 82.8 Å². The minimum atomic E-state index is -3.60. The summed E-state index contributed by atoms with van der Waals surface area (Å²) in [5, 5.41) is 8.28. The molecule has 5 nitrogen and oxygen atoms in total. The number of hydrogen-bond donors (Lipinski definition) is 1. The van der Waals surface area contributed by atoms with Crippen molar-refractivity contribution in [1.82, 2.24) is 4.98 Å². The Balaban J connectivity index is 2.92. The van der Waals surface area contributed by atoms with Crippen LogP contribution in [0.1, 0.15) is 5.69 Å². The first-order valence-electron chi connectivity index (χ1n) is 3.95. The molecule has 1 aromatic rings. The molecule has 0 atom stereocenters. The summed E-state index contributed by atoms with van der Waals surface area (Å²) < 4.78 is 25.4. The summed E-state index contributed by atoms with van der Waals surface area (Å²) >= 11 is 3.25. The van der Waals surface area contributed by atoms with Crippen LogP contribution < -0.4 is 4.72 Å². The molecular weight excluding hydrogens is 282 g/mol. The molecule has 0 unspecified atom stereocenters. The van der Waals surface area contributed by atoms with Crippen LogP contribution in [-0.4, -0.2) is 19.2 Å². The lowest BCUT2D eigenvalue weighted by Gasteiger charge is -2.05. The average Bonchev–Trinajstić information content (AvgIpc) is 2.10. The Hall–Kier alpha value is -1.13. The second-order valence-electron chi connectivity index (χ2n) is 2.78. The van der Waals surface area contributed by atoms with Crippen LogP contribution in [-0.2, 0) is 10.0 Å². The third kappa shape index (κ3) is 3.49. The number of nitrogens with zero attached hydrogens (tertiary/aromatic N) is 2. The predicted octanol–water partition coefficient (Wildman–Crippen LogP) is 1.42. The van der Waals surface area contributed by atoms with Crippen LogP contribution >= 0.6 is 15.9 Å². The fourth-order valence-electron chi connectivity index (χ4n) is 0.881.